The van der Waals surface area contributed by atoms with Gasteiger partial charge in [-0.05, 0) is 116 Å². The second kappa shape index (κ2) is 63.9. The number of aliphatic hydroxyl groups excluding tert-OH is 1. The largest absolute Gasteiger partial charge is 0.472 e. The lowest BCUT2D eigenvalue weighted by Crippen LogP contribution is -2.45. The number of hydrogen-bond acceptors (Lipinski definition) is 5. The van der Waals surface area contributed by atoms with Gasteiger partial charge in [0, 0.05) is 6.42 Å². The number of aliphatic hydroxyl groups is 1. The van der Waals surface area contributed by atoms with Gasteiger partial charge in [-0.1, -0.05) is 295 Å². The molecule has 9 heteroatoms. The average Bonchev–Trinajstić information content (AvgIpc) is 3.56. The predicted molar refractivity (Wildman–Crippen MR) is 368 cm³/mol. The van der Waals surface area contributed by atoms with Gasteiger partial charge in [0.15, 0.2) is 0 Å². The molecule has 0 aromatic heterocycles. The van der Waals surface area contributed by atoms with Gasteiger partial charge >= 0.3 is 7.82 Å². The minimum atomic E-state index is -4.37. The molecule has 3 atom stereocenters. The first-order valence-corrected chi connectivity index (χ1v) is 35.7. The molecule has 3 unspecified atom stereocenters. The van der Waals surface area contributed by atoms with Crippen molar-refractivity contribution in [2.45, 2.75) is 283 Å². The maximum Gasteiger partial charge on any atom is 0.472 e. The fourth-order valence-electron chi connectivity index (χ4n) is 9.24. The standard InChI is InChI=1S/C75H129N2O6P/c1-6-8-10-12-14-16-18-20-22-24-26-28-29-30-31-32-33-34-35-36-37-38-39-40-41-42-43-44-45-46-47-49-51-53-55-57-59-61-63-65-67-69-75(79)76-73(72-83-84(80,81)82-71-70-77(3,4)5)74(78)68-66-64-62-60-58-56-54-52-50-48-27-25-23-21-19-17-15-13-11-9-7-2/h8,10,14,16,20,22,26,28,30-31,33-34,36-37,39-40,42-43,50,52,58,60,66,68,73-74,78H,6-7,9,11-13,15,17-19,21,23-25,27,29,32,35,38,41,44-49,51,53-57,59,61-65,67,69-72H2,1-5H3,(H-,76,79,80,81)/p+1/b10-8-,16-14-,22-20-,28-26-,31-30-,34-33-,37-36-,40-39-,43-42-,52-50+,60-58+,68-66+. The number of hydrogen-bond donors (Lipinski definition) is 3. The monoisotopic (exact) mass is 1190 g/mol. The highest BCUT2D eigenvalue weighted by Gasteiger charge is 2.27. The predicted octanol–water partition coefficient (Wildman–Crippen LogP) is 22.0. The van der Waals surface area contributed by atoms with Gasteiger partial charge in [0.05, 0.1) is 39.9 Å². The SMILES string of the molecule is CC/C=C\C/C=C\C/C=C\C/C=C\C/C=C\C/C=C\C/C=C\C/C=C\C/C=C\CCCCCCCCCCCCCCCC(=O)NC(COP(=O)(O)OCC[N+](C)(C)C)C(O)/C=C/CC/C=C/CC/C=C/CCCCCCCCCCCCC. The van der Waals surface area contributed by atoms with E-state index in [1.165, 1.54) is 148 Å². The molecular weight excluding hydrogens is 1060 g/mol. The van der Waals surface area contributed by atoms with Crippen molar-refractivity contribution in [3.05, 3.63) is 146 Å². The maximum absolute atomic E-state index is 13.0. The lowest BCUT2D eigenvalue weighted by atomic mass is 10.0. The van der Waals surface area contributed by atoms with Crippen molar-refractivity contribution < 1.29 is 32.9 Å². The molecule has 0 rings (SSSR count). The summed E-state index contributed by atoms with van der Waals surface area (Å²) in [6.07, 6.45) is 98.4. The van der Waals surface area contributed by atoms with Crippen LogP contribution in [0.5, 0.6) is 0 Å². The Morgan fingerprint density at radius 2 is 0.726 bits per heavy atom. The number of likely N-dealkylation sites (N-methyl/N-ethyl adjacent to an activating group) is 1. The third-order valence-corrected chi connectivity index (χ3v) is 15.5. The van der Waals surface area contributed by atoms with Gasteiger partial charge < -0.3 is 19.8 Å². The summed E-state index contributed by atoms with van der Waals surface area (Å²) in [5, 5.41) is 14.0. The smallest absolute Gasteiger partial charge is 0.387 e. The van der Waals surface area contributed by atoms with E-state index in [2.05, 4.69) is 153 Å². The van der Waals surface area contributed by atoms with E-state index in [9.17, 15) is 19.4 Å². The second-order valence-electron chi connectivity index (χ2n) is 23.8. The molecule has 0 saturated heterocycles. The Morgan fingerprint density at radius 3 is 1.10 bits per heavy atom. The van der Waals surface area contributed by atoms with Gasteiger partial charge in [0.2, 0.25) is 5.91 Å². The lowest BCUT2D eigenvalue weighted by Gasteiger charge is -2.25. The molecule has 0 spiro atoms. The number of allylic oxidation sites excluding steroid dienone is 23. The Kier molecular flexibility index (Phi) is 61.1. The van der Waals surface area contributed by atoms with E-state index in [0.717, 1.165) is 103 Å². The summed E-state index contributed by atoms with van der Waals surface area (Å²) in [6, 6.07) is -0.880. The molecule has 0 aliphatic heterocycles. The maximum atomic E-state index is 13.0. The van der Waals surface area contributed by atoms with Gasteiger partial charge in [-0.3, -0.25) is 13.8 Å². The van der Waals surface area contributed by atoms with Gasteiger partial charge in [0.1, 0.15) is 13.2 Å². The van der Waals surface area contributed by atoms with Crippen LogP contribution in [0.25, 0.3) is 0 Å². The van der Waals surface area contributed by atoms with Crippen LogP contribution in [0, 0.1) is 0 Å². The zero-order chi connectivity index (χ0) is 61.2. The number of phosphoric ester groups is 1. The second-order valence-corrected chi connectivity index (χ2v) is 25.3. The van der Waals surface area contributed by atoms with E-state index < -0.39 is 20.0 Å². The molecule has 0 aromatic rings. The first kappa shape index (κ1) is 80.4. The number of rotatable bonds is 61. The van der Waals surface area contributed by atoms with Crippen molar-refractivity contribution in [1.29, 1.82) is 0 Å². The molecular formula is C75H130N2O6P+. The Hall–Kier alpha value is -3.62. The number of carbonyl (C=O) groups is 1. The first-order chi connectivity index (χ1) is 41.0. The van der Waals surface area contributed by atoms with Crippen LogP contribution >= 0.6 is 7.82 Å². The van der Waals surface area contributed by atoms with Crippen LogP contribution in [0.4, 0.5) is 0 Å². The molecule has 0 heterocycles. The van der Waals surface area contributed by atoms with Crippen molar-refractivity contribution in [1.82, 2.24) is 5.32 Å². The number of quaternary nitrogens is 1. The number of amides is 1. The highest BCUT2D eigenvalue weighted by atomic mass is 31.2. The highest BCUT2D eigenvalue weighted by Crippen LogP contribution is 2.43. The Balaban J connectivity index is 4.12. The zero-order valence-electron chi connectivity index (χ0n) is 54.8. The Labute approximate surface area is 519 Å². The summed E-state index contributed by atoms with van der Waals surface area (Å²) < 4.78 is 23.8. The summed E-state index contributed by atoms with van der Waals surface area (Å²) in [5.41, 5.74) is 0. The fourth-order valence-corrected chi connectivity index (χ4v) is 9.98. The number of nitrogens with zero attached hydrogens (tertiary/aromatic N) is 1. The van der Waals surface area contributed by atoms with Crippen LogP contribution < -0.4 is 5.32 Å². The van der Waals surface area contributed by atoms with E-state index in [1.807, 2.05) is 27.2 Å². The van der Waals surface area contributed by atoms with Crippen molar-refractivity contribution in [2.24, 2.45) is 0 Å². The molecule has 3 N–H and O–H groups in total. The number of unbranched alkanes of at least 4 members (excludes halogenated alkanes) is 26. The molecule has 480 valence electrons. The first-order valence-electron chi connectivity index (χ1n) is 34.2. The topological polar surface area (TPSA) is 105 Å². The van der Waals surface area contributed by atoms with Gasteiger partial charge in [-0.2, -0.15) is 0 Å². The van der Waals surface area contributed by atoms with Crippen LogP contribution in [0.15, 0.2) is 146 Å². The molecule has 0 aliphatic rings. The number of carbonyl (C=O) groups excluding carboxylic acids is 1. The third-order valence-electron chi connectivity index (χ3n) is 14.5. The molecule has 0 aliphatic carbocycles. The minimum absolute atomic E-state index is 0.0476. The van der Waals surface area contributed by atoms with Crippen molar-refractivity contribution >= 4 is 13.7 Å². The normalized spacial score (nSPS) is 14.6. The molecule has 1 amide bonds. The van der Waals surface area contributed by atoms with Gasteiger partial charge in [-0.25, -0.2) is 4.57 Å². The van der Waals surface area contributed by atoms with Crippen LogP contribution in [0.3, 0.4) is 0 Å². The summed E-state index contributed by atoms with van der Waals surface area (Å²) in [7, 11) is 1.53. The molecule has 84 heavy (non-hydrogen) atoms. The molecule has 0 saturated carbocycles. The quantitative estimate of drug-likeness (QED) is 0.0243. The Morgan fingerprint density at radius 1 is 0.417 bits per heavy atom. The molecule has 0 aromatic carbocycles. The van der Waals surface area contributed by atoms with E-state index in [1.54, 1.807) is 6.08 Å². The van der Waals surface area contributed by atoms with Crippen LogP contribution in [0.1, 0.15) is 271 Å². The minimum Gasteiger partial charge on any atom is -0.387 e. The summed E-state index contributed by atoms with van der Waals surface area (Å²) in [4.78, 5) is 23.4. The van der Waals surface area contributed by atoms with Crippen LogP contribution in [-0.2, 0) is 18.4 Å². The van der Waals surface area contributed by atoms with E-state index in [0.29, 0.717) is 17.4 Å². The van der Waals surface area contributed by atoms with Crippen LogP contribution in [-0.4, -0.2) is 73.4 Å². The zero-order valence-corrected chi connectivity index (χ0v) is 55.7. The molecule has 0 bridgehead atoms. The summed E-state index contributed by atoms with van der Waals surface area (Å²) in [6.45, 7) is 4.67. The van der Waals surface area contributed by atoms with E-state index in [4.69, 9.17) is 9.05 Å². The fraction of sp³-hybridized carbons (Fsp3) is 0.667. The average molecular weight is 1190 g/mol. The van der Waals surface area contributed by atoms with Gasteiger partial charge in [0.25, 0.3) is 0 Å². The van der Waals surface area contributed by atoms with E-state index >= 15 is 0 Å². The Bertz CT molecular complexity index is 1880. The molecule has 8 nitrogen and oxygen atoms in total. The van der Waals surface area contributed by atoms with Crippen molar-refractivity contribution in [2.75, 3.05) is 40.9 Å². The van der Waals surface area contributed by atoms with Crippen molar-refractivity contribution in [3.8, 4) is 0 Å². The lowest BCUT2D eigenvalue weighted by molar-refractivity contribution is -0.870. The molecule has 0 fully saturated rings. The third kappa shape index (κ3) is 65.9. The summed E-state index contributed by atoms with van der Waals surface area (Å²) >= 11 is 0. The van der Waals surface area contributed by atoms with E-state index in [-0.39, 0.29) is 19.1 Å². The number of phosphoric acid groups is 1. The van der Waals surface area contributed by atoms with Crippen LogP contribution in [0.2, 0.25) is 0 Å². The van der Waals surface area contributed by atoms with Gasteiger partial charge in [-0.15, -0.1) is 0 Å². The highest BCUT2D eigenvalue weighted by molar-refractivity contribution is 7.47. The van der Waals surface area contributed by atoms with Crippen molar-refractivity contribution in [3.63, 3.8) is 0 Å². The summed E-state index contributed by atoms with van der Waals surface area (Å²) in [5.74, 6) is -0.196. The number of nitrogens with one attached hydrogen (secondary N) is 1. The molecule has 0 radical (unpaired) electrons.